The van der Waals surface area contributed by atoms with Crippen LogP contribution >= 0.6 is 0 Å². The van der Waals surface area contributed by atoms with Crippen LogP contribution in [0.4, 0.5) is 0 Å². The van der Waals surface area contributed by atoms with Crippen LogP contribution in [0, 0.1) is 0 Å². The standard InChI is InChI=1S/C12H29NO3Si/c1-6-15-17(8-3,16-7-2)11-9-10-14-12-13(4)5/h6-12H2,1-5H3. The molecule has 0 heterocycles. The van der Waals surface area contributed by atoms with Gasteiger partial charge in [0.1, 0.15) is 0 Å². The van der Waals surface area contributed by atoms with E-state index >= 15 is 0 Å². The summed E-state index contributed by atoms with van der Waals surface area (Å²) in [5, 5.41) is 0. The van der Waals surface area contributed by atoms with Crippen LogP contribution in [0.25, 0.3) is 0 Å². The minimum absolute atomic E-state index is 0.684. The van der Waals surface area contributed by atoms with Crippen molar-refractivity contribution in [2.45, 2.75) is 39.3 Å². The van der Waals surface area contributed by atoms with E-state index in [1.165, 1.54) is 0 Å². The molecule has 0 saturated carbocycles. The van der Waals surface area contributed by atoms with Crippen molar-refractivity contribution >= 4 is 8.56 Å². The van der Waals surface area contributed by atoms with Crippen molar-refractivity contribution in [1.29, 1.82) is 0 Å². The summed E-state index contributed by atoms with van der Waals surface area (Å²) in [4.78, 5) is 2.02. The van der Waals surface area contributed by atoms with Gasteiger partial charge in [0.15, 0.2) is 0 Å². The van der Waals surface area contributed by atoms with Gasteiger partial charge in [0.25, 0.3) is 0 Å². The van der Waals surface area contributed by atoms with Gasteiger partial charge in [-0.1, -0.05) is 6.92 Å². The third-order valence-corrected chi connectivity index (χ3v) is 6.37. The van der Waals surface area contributed by atoms with Gasteiger partial charge in [-0.25, -0.2) is 0 Å². The predicted molar refractivity (Wildman–Crippen MR) is 73.4 cm³/mol. The molecule has 0 fully saturated rings. The summed E-state index contributed by atoms with van der Waals surface area (Å²) in [5.41, 5.74) is 0. The van der Waals surface area contributed by atoms with Gasteiger partial charge in [0, 0.05) is 19.8 Å². The van der Waals surface area contributed by atoms with Gasteiger partial charge >= 0.3 is 8.56 Å². The Kier molecular flexibility index (Phi) is 10.1. The van der Waals surface area contributed by atoms with Crippen molar-refractivity contribution in [3.05, 3.63) is 0 Å². The van der Waals surface area contributed by atoms with Gasteiger partial charge in [-0.3, -0.25) is 4.90 Å². The van der Waals surface area contributed by atoms with Crippen molar-refractivity contribution in [2.75, 3.05) is 40.6 Å². The molecule has 0 aromatic heterocycles. The Morgan fingerprint density at radius 1 is 1.00 bits per heavy atom. The molecular weight excluding hydrogens is 234 g/mol. The average Bonchev–Trinajstić information content (AvgIpc) is 2.28. The summed E-state index contributed by atoms with van der Waals surface area (Å²) in [5.74, 6) is 0. The fourth-order valence-corrected chi connectivity index (χ4v) is 4.65. The Bertz CT molecular complexity index is 173. The lowest BCUT2D eigenvalue weighted by atomic mass is 10.5. The van der Waals surface area contributed by atoms with Crippen molar-refractivity contribution in [2.24, 2.45) is 0 Å². The Balaban J connectivity index is 3.89. The normalized spacial score (nSPS) is 12.4. The van der Waals surface area contributed by atoms with Crippen LogP contribution < -0.4 is 0 Å². The second-order valence-electron chi connectivity index (χ2n) is 4.35. The zero-order valence-electron chi connectivity index (χ0n) is 12.1. The Morgan fingerprint density at radius 2 is 1.59 bits per heavy atom. The maximum absolute atomic E-state index is 5.90. The summed E-state index contributed by atoms with van der Waals surface area (Å²) >= 11 is 0. The highest BCUT2D eigenvalue weighted by molar-refractivity contribution is 6.67. The van der Waals surface area contributed by atoms with E-state index in [0.717, 1.165) is 38.3 Å². The van der Waals surface area contributed by atoms with Gasteiger partial charge in [0.05, 0.1) is 6.73 Å². The van der Waals surface area contributed by atoms with Gasteiger partial charge in [-0.15, -0.1) is 0 Å². The second-order valence-corrected chi connectivity index (χ2v) is 7.96. The van der Waals surface area contributed by atoms with E-state index in [2.05, 4.69) is 6.92 Å². The first-order valence-electron chi connectivity index (χ1n) is 6.60. The molecule has 0 aromatic carbocycles. The fraction of sp³-hybridized carbons (Fsp3) is 1.00. The van der Waals surface area contributed by atoms with Crippen molar-refractivity contribution in [1.82, 2.24) is 4.90 Å². The molecule has 0 bridgehead atoms. The predicted octanol–water partition coefficient (Wildman–Crippen LogP) is 2.45. The molecule has 0 unspecified atom stereocenters. The second kappa shape index (κ2) is 10.0. The molecule has 0 aliphatic rings. The molecular formula is C12H29NO3Si. The topological polar surface area (TPSA) is 30.9 Å². The minimum Gasteiger partial charge on any atom is -0.394 e. The maximum atomic E-state index is 5.90. The quantitative estimate of drug-likeness (QED) is 0.325. The molecule has 0 N–H and O–H groups in total. The molecule has 4 nitrogen and oxygen atoms in total. The van der Waals surface area contributed by atoms with E-state index in [0.29, 0.717) is 6.73 Å². The Labute approximate surface area is 107 Å². The monoisotopic (exact) mass is 263 g/mol. The molecule has 0 radical (unpaired) electrons. The molecule has 0 saturated heterocycles. The molecule has 17 heavy (non-hydrogen) atoms. The first-order valence-corrected chi connectivity index (χ1v) is 8.83. The lowest BCUT2D eigenvalue weighted by Gasteiger charge is -2.28. The molecule has 0 aliphatic heterocycles. The number of ether oxygens (including phenoxy) is 1. The molecule has 104 valence electrons. The molecule has 0 spiro atoms. The molecule has 0 aromatic rings. The van der Waals surface area contributed by atoms with Crippen LogP contribution in [0.5, 0.6) is 0 Å². The van der Waals surface area contributed by atoms with Crippen LogP contribution in [0.15, 0.2) is 0 Å². The zero-order chi connectivity index (χ0) is 13.1. The van der Waals surface area contributed by atoms with Crippen LogP contribution in [0.2, 0.25) is 12.1 Å². The summed E-state index contributed by atoms with van der Waals surface area (Å²) < 4.78 is 17.3. The smallest absolute Gasteiger partial charge is 0.337 e. The van der Waals surface area contributed by atoms with Crippen molar-refractivity contribution < 1.29 is 13.6 Å². The first kappa shape index (κ1) is 17.1. The Hall–Kier alpha value is 0.0569. The van der Waals surface area contributed by atoms with Crippen LogP contribution in [-0.4, -0.2) is 54.1 Å². The molecule has 0 amide bonds. The number of hydrogen-bond acceptors (Lipinski definition) is 4. The summed E-state index contributed by atoms with van der Waals surface area (Å²) in [6, 6.07) is 2.04. The van der Waals surface area contributed by atoms with E-state index in [4.69, 9.17) is 13.6 Å². The van der Waals surface area contributed by atoms with E-state index in [9.17, 15) is 0 Å². The zero-order valence-corrected chi connectivity index (χ0v) is 13.1. The SMILES string of the molecule is CCO[Si](CC)(CCCOCN(C)C)OCC. The summed E-state index contributed by atoms with van der Waals surface area (Å²) in [7, 11) is 2.07. The highest BCUT2D eigenvalue weighted by Crippen LogP contribution is 2.20. The highest BCUT2D eigenvalue weighted by atomic mass is 28.4. The van der Waals surface area contributed by atoms with Gasteiger partial charge < -0.3 is 13.6 Å². The lowest BCUT2D eigenvalue weighted by molar-refractivity contribution is 0.0550. The largest absolute Gasteiger partial charge is 0.394 e. The first-order chi connectivity index (χ1) is 8.10. The van der Waals surface area contributed by atoms with Crippen molar-refractivity contribution in [3.63, 3.8) is 0 Å². The van der Waals surface area contributed by atoms with Crippen molar-refractivity contribution in [3.8, 4) is 0 Å². The van der Waals surface area contributed by atoms with E-state index in [-0.39, 0.29) is 0 Å². The molecule has 0 atom stereocenters. The Morgan fingerprint density at radius 3 is 2.00 bits per heavy atom. The van der Waals surface area contributed by atoms with E-state index < -0.39 is 8.56 Å². The molecule has 0 aliphatic carbocycles. The molecule has 0 rings (SSSR count). The van der Waals surface area contributed by atoms with Gasteiger partial charge in [0.2, 0.25) is 0 Å². The highest BCUT2D eigenvalue weighted by Gasteiger charge is 2.34. The maximum Gasteiger partial charge on any atom is 0.337 e. The average molecular weight is 263 g/mol. The summed E-state index contributed by atoms with van der Waals surface area (Å²) in [6.07, 6.45) is 1.02. The lowest BCUT2D eigenvalue weighted by Crippen LogP contribution is -2.41. The minimum atomic E-state index is -1.94. The van der Waals surface area contributed by atoms with Gasteiger partial charge in [-0.2, -0.15) is 0 Å². The van der Waals surface area contributed by atoms with Crippen LogP contribution in [0.3, 0.4) is 0 Å². The third-order valence-electron chi connectivity index (χ3n) is 2.55. The van der Waals surface area contributed by atoms with E-state index in [1.807, 2.05) is 32.8 Å². The van der Waals surface area contributed by atoms with Gasteiger partial charge in [-0.05, 0) is 46.5 Å². The van der Waals surface area contributed by atoms with Crippen LogP contribution in [0.1, 0.15) is 27.2 Å². The number of nitrogens with zero attached hydrogens (tertiary/aromatic N) is 1. The molecule has 5 heteroatoms. The third kappa shape index (κ3) is 7.89. The number of hydrogen-bond donors (Lipinski definition) is 0. The summed E-state index contributed by atoms with van der Waals surface area (Å²) in [6.45, 7) is 9.21. The van der Waals surface area contributed by atoms with Crippen LogP contribution in [-0.2, 0) is 13.6 Å². The number of rotatable bonds is 11. The fourth-order valence-electron chi connectivity index (χ4n) is 1.78. The van der Waals surface area contributed by atoms with E-state index in [1.54, 1.807) is 0 Å².